The van der Waals surface area contributed by atoms with Gasteiger partial charge in [0.25, 0.3) is 5.56 Å². The van der Waals surface area contributed by atoms with Crippen LogP contribution in [-0.4, -0.2) is 35.2 Å². The Morgan fingerprint density at radius 2 is 2.29 bits per heavy atom. The van der Waals surface area contributed by atoms with Crippen molar-refractivity contribution >= 4 is 17.3 Å². The van der Waals surface area contributed by atoms with E-state index in [1.54, 1.807) is 0 Å². The SMILES string of the molecule is CC1OCCC1CNc1cnn(CC(F)(F)F)c(=O)c1Cl. The van der Waals surface area contributed by atoms with Gasteiger partial charge in [-0.1, -0.05) is 11.6 Å². The van der Waals surface area contributed by atoms with Gasteiger partial charge >= 0.3 is 6.18 Å². The van der Waals surface area contributed by atoms with E-state index >= 15 is 0 Å². The predicted molar refractivity (Wildman–Crippen MR) is 71.6 cm³/mol. The summed E-state index contributed by atoms with van der Waals surface area (Å²) in [6.45, 7) is 1.68. The molecule has 0 saturated carbocycles. The fourth-order valence-corrected chi connectivity index (χ4v) is 2.37. The molecule has 2 heterocycles. The lowest BCUT2D eigenvalue weighted by molar-refractivity contribution is -0.143. The van der Waals surface area contributed by atoms with Crippen molar-refractivity contribution in [3.05, 3.63) is 21.6 Å². The number of halogens is 4. The van der Waals surface area contributed by atoms with E-state index in [1.807, 2.05) is 6.92 Å². The molecule has 0 spiro atoms. The zero-order valence-electron chi connectivity index (χ0n) is 11.3. The number of anilines is 1. The van der Waals surface area contributed by atoms with Crippen LogP contribution in [0.3, 0.4) is 0 Å². The van der Waals surface area contributed by atoms with Crippen molar-refractivity contribution in [2.24, 2.45) is 5.92 Å². The standard InChI is InChI=1S/C12H15ClF3N3O2/c1-7-8(2-3-21-7)4-17-9-5-18-19(6-12(14,15)16)11(20)10(9)13/h5,7-8,17H,2-4,6H2,1H3. The maximum absolute atomic E-state index is 12.3. The Hall–Kier alpha value is -1.28. The molecular weight excluding hydrogens is 311 g/mol. The highest BCUT2D eigenvalue weighted by Crippen LogP contribution is 2.23. The first-order valence-corrected chi connectivity index (χ1v) is 6.83. The van der Waals surface area contributed by atoms with Crippen LogP contribution >= 0.6 is 11.6 Å². The predicted octanol–water partition coefficient (Wildman–Crippen LogP) is 2.30. The smallest absolute Gasteiger partial charge is 0.382 e. The molecule has 1 aromatic rings. The number of aromatic nitrogens is 2. The molecule has 1 N–H and O–H groups in total. The van der Waals surface area contributed by atoms with Gasteiger partial charge in [-0.3, -0.25) is 4.79 Å². The third-order valence-corrected chi connectivity index (χ3v) is 3.77. The Bertz CT molecular complexity index is 562. The Kier molecular flexibility index (Phi) is 4.77. The molecule has 1 fully saturated rings. The summed E-state index contributed by atoms with van der Waals surface area (Å²) in [5.74, 6) is 0.263. The molecule has 2 unspecified atom stereocenters. The number of alkyl halides is 3. The highest BCUT2D eigenvalue weighted by Gasteiger charge is 2.30. The zero-order chi connectivity index (χ0) is 15.6. The molecule has 118 valence electrons. The third kappa shape index (κ3) is 4.10. The first-order valence-electron chi connectivity index (χ1n) is 6.46. The van der Waals surface area contributed by atoms with Crippen LogP contribution in [0.4, 0.5) is 18.9 Å². The average Bonchev–Trinajstić information content (AvgIpc) is 2.78. The molecule has 0 amide bonds. The molecule has 5 nitrogen and oxygen atoms in total. The zero-order valence-corrected chi connectivity index (χ0v) is 12.0. The highest BCUT2D eigenvalue weighted by atomic mass is 35.5. The summed E-state index contributed by atoms with van der Waals surface area (Å²) in [7, 11) is 0. The Labute approximate surface area is 124 Å². The average molecular weight is 326 g/mol. The van der Waals surface area contributed by atoms with E-state index in [2.05, 4.69) is 10.4 Å². The van der Waals surface area contributed by atoms with E-state index < -0.39 is 18.3 Å². The molecule has 1 aromatic heterocycles. The lowest BCUT2D eigenvalue weighted by Gasteiger charge is -2.16. The van der Waals surface area contributed by atoms with Gasteiger partial charge in [-0.15, -0.1) is 0 Å². The largest absolute Gasteiger partial charge is 0.408 e. The highest BCUT2D eigenvalue weighted by molar-refractivity contribution is 6.32. The van der Waals surface area contributed by atoms with Gasteiger partial charge in [0.15, 0.2) is 0 Å². The second kappa shape index (κ2) is 6.23. The molecule has 0 aromatic carbocycles. The summed E-state index contributed by atoms with van der Waals surface area (Å²) < 4.78 is 42.5. The first kappa shape index (κ1) is 16.1. The van der Waals surface area contributed by atoms with Crippen LogP contribution < -0.4 is 10.9 Å². The van der Waals surface area contributed by atoms with Gasteiger partial charge in [0, 0.05) is 19.1 Å². The van der Waals surface area contributed by atoms with Crippen LogP contribution in [0.1, 0.15) is 13.3 Å². The maximum Gasteiger partial charge on any atom is 0.408 e. The van der Waals surface area contributed by atoms with Gasteiger partial charge in [-0.05, 0) is 13.3 Å². The fraction of sp³-hybridized carbons (Fsp3) is 0.667. The Morgan fingerprint density at radius 1 is 1.57 bits per heavy atom. The lowest BCUT2D eigenvalue weighted by Crippen LogP contribution is -2.31. The molecule has 0 radical (unpaired) electrons. The summed E-state index contributed by atoms with van der Waals surface area (Å²) in [4.78, 5) is 11.7. The summed E-state index contributed by atoms with van der Waals surface area (Å²) in [5, 5.41) is 6.15. The lowest BCUT2D eigenvalue weighted by atomic mass is 10.0. The van der Waals surface area contributed by atoms with Gasteiger partial charge in [0.2, 0.25) is 0 Å². The second-order valence-corrected chi connectivity index (χ2v) is 5.33. The van der Waals surface area contributed by atoms with Crippen molar-refractivity contribution in [3.63, 3.8) is 0 Å². The van der Waals surface area contributed by atoms with Gasteiger partial charge in [0.05, 0.1) is 18.0 Å². The van der Waals surface area contributed by atoms with Crippen LogP contribution in [0.5, 0.6) is 0 Å². The minimum atomic E-state index is -4.52. The molecule has 21 heavy (non-hydrogen) atoms. The van der Waals surface area contributed by atoms with Gasteiger partial charge in [-0.2, -0.15) is 18.3 Å². The van der Waals surface area contributed by atoms with Crippen molar-refractivity contribution in [1.82, 2.24) is 9.78 Å². The second-order valence-electron chi connectivity index (χ2n) is 4.96. The summed E-state index contributed by atoms with van der Waals surface area (Å²) >= 11 is 5.81. The van der Waals surface area contributed by atoms with Crippen LogP contribution in [-0.2, 0) is 11.3 Å². The molecule has 2 atom stereocenters. The van der Waals surface area contributed by atoms with Crippen molar-refractivity contribution in [1.29, 1.82) is 0 Å². The van der Waals surface area contributed by atoms with Crippen molar-refractivity contribution < 1.29 is 17.9 Å². The van der Waals surface area contributed by atoms with E-state index in [-0.39, 0.29) is 22.7 Å². The van der Waals surface area contributed by atoms with Crippen molar-refractivity contribution in [3.8, 4) is 0 Å². The molecule has 2 rings (SSSR count). The van der Waals surface area contributed by atoms with E-state index in [1.165, 1.54) is 0 Å². The minimum Gasteiger partial charge on any atom is -0.382 e. The monoisotopic (exact) mass is 325 g/mol. The van der Waals surface area contributed by atoms with Crippen molar-refractivity contribution in [2.75, 3.05) is 18.5 Å². The van der Waals surface area contributed by atoms with E-state index in [0.29, 0.717) is 17.8 Å². The number of nitrogens with one attached hydrogen (secondary N) is 1. The summed E-state index contributed by atoms with van der Waals surface area (Å²) in [6, 6.07) is 0. The normalized spacial score (nSPS) is 22.5. The van der Waals surface area contributed by atoms with E-state index in [0.717, 1.165) is 12.6 Å². The van der Waals surface area contributed by atoms with Crippen molar-refractivity contribution in [2.45, 2.75) is 32.2 Å². The van der Waals surface area contributed by atoms with Crippen LogP contribution in [0.25, 0.3) is 0 Å². The summed E-state index contributed by atoms with van der Waals surface area (Å²) in [5.41, 5.74) is -0.728. The number of hydrogen-bond donors (Lipinski definition) is 1. The third-order valence-electron chi connectivity index (χ3n) is 3.40. The summed E-state index contributed by atoms with van der Waals surface area (Å²) in [6.07, 6.45) is -2.42. The van der Waals surface area contributed by atoms with Crippen LogP contribution in [0.15, 0.2) is 11.0 Å². The maximum atomic E-state index is 12.3. The molecule has 1 aliphatic rings. The first-order chi connectivity index (χ1) is 9.78. The molecule has 0 aliphatic carbocycles. The van der Waals surface area contributed by atoms with Crippen LogP contribution in [0, 0.1) is 5.92 Å². The molecule has 0 bridgehead atoms. The molecule has 9 heteroatoms. The van der Waals surface area contributed by atoms with Gasteiger partial charge in [0.1, 0.15) is 11.6 Å². The van der Waals surface area contributed by atoms with Gasteiger partial charge in [-0.25, -0.2) is 4.68 Å². The number of hydrogen-bond acceptors (Lipinski definition) is 4. The van der Waals surface area contributed by atoms with Gasteiger partial charge < -0.3 is 10.1 Å². The number of rotatable bonds is 4. The number of ether oxygens (including phenoxy) is 1. The Balaban J connectivity index is 2.08. The minimum absolute atomic E-state index is 0.0924. The molecular formula is C12H15ClF3N3O2. The molecule has 1 aliphatic heterocycles. The fourth-order valence-electron chi connectivity index (χ4n) is 2.16. The number of nitrogens with zero attached hydrogens (tertiary/aromatic N) is 2. The quantitative estimate of drug-likeness (QED) is 0.923. The van der Waals surface area contributed by atoms with E-state index in [4.69, 9.17) is 16.3 Å². The van der Waals surface area contributed by atoms with Crippen LogP contribution in [0.2, 0.25) is 5.02 Å². The van der Waals surface area contributed by atoms with E-state index in [9.17, 15) is 18.0 Å². The topological polar surface area (TPSA) is 56.1 Å². The molecule has 1 saturated heterocycles. The Morgan fingerprint density at radius 3 is 2.86 bits per heavy atom.